The van der Waals surface area contributed by atoms with E-state index in [4.69, 9.17) is 0 Å². The molecular formula is C18H27NO2S. The number of rotatable bonds is 10. The maximum absolute atomic E-state index is 12.0. The Kier molecular flexibility index (Phi) is 6.62. The van der Waals surface area contributed by atoms with Gasteiger partial charge in [0.2, 0.25) is 0 Å². The number of thiophene rings is 1. The zero-order chi connectivity index (χ0) is 15.9. The van der Waals surface area contributed by atoms with Crippen LogP contribution in [0, 0.1) is 0 Å². The highest BCUT2D eigenvalue weighted by Crippen LogP contribution is 2.38. The van der Waals surface area contributed by atoms with E-state index in [1.807, 2.05) is 5.38 Å². The van der Waals surface area contributed by atoms with Crippen LogP contribution in [0.25, 0.3) is 0 Å². The van der Waals surface area contributed by atoms with E-state index < -0.39 is 0 Å². The summed E-state index contributed by atoms with van der Waals surface area (Å²) < 4.78 is 0. The summed E-state index contributed by atoms with van der Waals surface area (Å²) in [5, 5.41) is 4.29. The molecule has 1 aromatic heterocycles. The molecule has 2 rings (SSSR count). The molecule has 0 spiro atoms. The van der Waals surface area contributed by atoms with Crippen LogP contribution in [0.1, 0.15) is 103 Å². The number of amides is 2. The van der Waals surface area contributed by atoms with E-state index in [2.05, 4.69) is 19.2 Å². The molecule has 4 heteroatoms. The molecule has 2 heterocycles. The maximum atomic E-state index is 12.0. The van der Waals surface area contributed by atoms with Crippen LogP contribution in [0.3, 0.4) is 0 Å². The molecule has 1 aliphatic heterocycles. The summed E-state index contributed by atoms with van der Waals surface area (Å²) in [5.41, 5.74) is 1.27. The molecule has 1 aromatic rings. The molecule has 0 bridgehead atoms. The summed E-state index contributed by atoms with van der Waals surface area (Å²) in [7, 11) is 0. The third-order valence-electron chi connectivity index (χ3n) is 4.45. The Balaban J connectivity index is 2.04. The van der Waals surface area contributed by atoms with Crippen LogP contribution in [0.5, 0.6) is 0 Å². The number of fused-ring (bicyclic) bond motifs is 1. The summed E-state index contributed by atoms with van der Waals surface area (Å²) in [4.78, 5) is 24.9. The predicted molar refractivity (Wildman–Crippen MR) is 91.8 cm³/mol. The first kappa shape index (κ1) is 17.2. The van der Waals surface area contributed by atoms with Gasteiger partial charge in [-0.2, -0.15) is 0 Å². The summed E-state index contributed by atoms with van der Waals surface area (Å²) in [6.45, 7) is 4.43. The van der Waals surface area contributed by atoms with Crippen molar-refractivity contribution < 1.29 is 9.59 Å². The smallest absolute Gasteiger partial charge is 0.260 e. The van der Waals surface area contributed by atoms with Crippen molar-refractivity contribution in [3.63, 3.8) is 0 Å². The van der Waals surface area contributed by atoms with Crippen LogP contribution in [-0.4, -0.2) is 11.8 Å². The molecule has 0 aliphatic carbocycles. The molecule has 0 aromatic carbocycles. The Morgan fingerprint density at radius 1 is 0.955 bits per heavy atom. The van der Waals surface area contributed by atoms with E-state index in [-0.39, 0.29) is 11.8 Å². The van der Waals surface area contributed by atoms with Gasteiger partial charge in [0.1, 0.15) is 0 Å². The maximum Gasteiger partial charge on any atom is 0.260 e. The average molecular weight is 321 g/mol. The fraction of sp³-hybridized carbons (Fsp3) is 0.667. The minimum absolute atomic E-state index is 0.191. The standard InChI is InChI=1S/C18H27NO2S/c1-3-5-7-8-9-11-13(10-6-4-2)16-15-14(12-22-16)17(20)19-18(15)21/h12-13H,3-11H2,1-2H3,(H,19,20,21). The lowest BCUT2D eigenvalue weighted by molar-refractivity contribution is 0.0879. The van der Waals surface area contributed by atoms with Crippen molar-refractivity contribution in [1.82, 2.24) is 5.32 Å². The van der Waals surface area contributed by atoms with Crippen molar-refractivity contribution in [1.29, 1.82) is 0 Å². The topological polar surface area (TPSA) is 46.2 Å². The number of imide groups is 1. The van der Waals surface area contributed by atoms with Crippen LogP contribution in [0.2, 0.25) is 0 Å². The van der Waals surface area contributed by atoms with Crippen molar-refractivity contribution in [2.75, 3.05) is 0 Å². The van der Waals surface area contributed by atoms with Crippen molar-refractivity contribution in [2.24, 2.45) is 0 Å². The van der Waals surface area contributed by atoms with E-state index in [0.29, 0.717) is 17.0 Å². The van der Waals surface area contributed by atoms with E-state index in [1.54, 1.807) is 11.3 Å². The van der Waals surface area contributed by atoms with E-state index >= 15 is 0 Å². The Morgan fingerprint density at radius 2 is 1.64 bits per heavy atom. The minimum Gasteiger partial charge on any atom is -0.288 e. The molecular weight excluding hydrogens is 294 g/mol. The van der Waals surface area contributed by atoms with Gasteiger partial charge in [0.25, 0.3) is 11.8 Å². The largest absolute Gasteiger partial charge is 0.288 e. The van der Waals surface area contributed by atoms with E-state index in [1.165, 1.54) is 44.9 Å². The molecule has 0 saturated heterocycles. The number of hydrogen-bond acceptors (Lipinski definition) is 3. The van der Waals surface area contributed by atoms with Gasteiger partial charge in [-0.05, 0) is 18.8 Å². The number of nitrogens with one attached hydrogen (secondary N) is 1. The summed E-state index contributed by atoms with van der Waals surface area (Å²) in [5.74, 6) is 0.0235. The summed E-state index contributed by atoms with van der Waals surface area (Å²) >= 11 is 1.60. The van der Waals surface area contributed by atoms with Crippen LogP contribution in [0.15, 0.2) is 5.38 Å². The monoisotopic (exact) mass is 321 g/mol. The second kappa shape index (κ2) is 8.47. The lowest BCUT2D eigenvalue weighted by Gasteiger charge is -2.16. The average Bonchev–Trinajstić information content (AvgIpc) is 3.05. The molecule has 3 nitrogen and oxygen atoms in total. The quantitative estimate of drug-likeness (QED) is 0.471. The molecule has 2 amide bonds. The zero-order valence-corrected chi connectivity index (χ0v) is 14.6. The first-order chi connectivity index (χ1) is 10.7. The van der Waals surface area contributed by atoms with Crippen LogP contribution in [-0.2, 0) is 0 Å². The number of carbonyl (C=O) groups excluding carboxylic acids is 2. The lowest BCUT2D eigenvalue weighted by atomic mass is 9.91. The van der Waals surface area contributed by atoms with Gasteiger partial charge in [0.15, 0.2) is 0 Å². The van der Waals surface area contributed by atoms with Crippen molar-refractivity contribution in [3.8, 4) is 0 Å². The Hall–Kier alpha value is -1.16. The second-order valence-corrected chi connectivity index (χ2v) is 7.13. The zero-order valence-electron chi connectivity index (χ0n) is 13.7. The Labute approximate surface area is 137 Å². The van der Waals surface area contributed by atoms with Gasteiger partial charge in [0.05, 0.1) is 11.1 Å². The van der Waals surface area contributed by atoms with Gasteiger partial charge in [-0.1, -0.05) is 58.8 Å². The fourth-order valence-electron chi connectivity index (χ4n) is 3.16. The highest BCUT2D eigenvalue weighted by Gasteiger charge is 2.33. The Morgan fingerprint density at radius 3 is 2.36 bits per heavy atom. The van der Waals surface area contributed by atoms with Gasteiger partial charge >= 0.3 is 0 Å². The normalized spacial score (nSPS) is 15.0. The van der Waals surface area contributed by atoms with Crippen molar-refractivity contribution in [3.05, 3.63) is 21.4 Å². The molecule has 0 fully saturated rings. The number of hydrogen-bond donors (Lipinski definition) is 1. The van der Waals surface area contributed by atoms with Crippen molar-refractivity contribution in [2.45, 2.75) is 77.6 Å². The summed E-state index contributed by atoms with van der Waals surface area (Å²) in [6, 6.07) is 0. The van der Waals surface area contributed by atoms with Gasteiger partial charge in [-0.15, -0.1) is 11.3 Å². The highest BCUT2D eigenvalue weighted by molar-refractivity contribution is 7.11. The van der Waals surface area contributed by atoms with E-state index in [9.17, 15) is 9.59 Å². The Bertz CT molecular complexity index is 521. The van der Waals surface area contributed by atoms with Crippen LogP contribution < -0.4 is 5.32 Å². The highest BCUT2D eigenvalue weighted by atomic mass is 32.1. The van der Waals surface area contributed by atoms with Crippen molar-refractivity contribution >= 4 is 23.2 Å². The predicted octanol–water partition coefficient (Wildman–Crippen LogP) is 5.27. The van der Waals surface area contributed by atoms with Gasteiger partial charge in [-0.3, -0.25) is 14.9 Å². The van der Waals surface area contributed by atoms with Crippen LogP contribution >= 0.6 is 11.3 Å². The molecule has 1 atom stereocenters. The van der Waals surface area contributed by atoms with Gasteiger partial charge in [0, 0.05) is 10.3 Å². The number of carbonyl (C=O) groups is 2. The first-order valence-electron chi connectivity index (χ1n) is 8.66. The third-order valence-corrected chi connectivity index (χ3v) is 5.60. The fourth-order valence-corrected chi connectivity index (χ4v) is 4.38. The lowest BCUT2D eigenvalue weighted by Crippen LogP contribution is -2.21. The molecule has 1 N–H and O–H groups in total. The molecule has 0 radical (unpaired) electrons. The SMILES string of the molecule is CCCCCCCC(CCCC)c1scc2c1C(=O)NC2=O. The third kappa shape index (κ3) is 3.97. The molecule has 122 valence electrons. The number of unbranched alkanes of at least 4 members (excludes halogenated alkanes) is 5. The van der Waals surface area contributed by atoms with Crippen LogP contribution in [0.4, 0.5) is 0 Å². The van der Waals surface area contributed by atoms with E-state index in [0.717, 1.165) is 17.7 Å². The van der Waals surface area contributed by atoms with Gasteiger partial charge < -0.3 is 0 Å². The minimum atomic E-state index is -0.223. The molecule has 1 unspecified atom stereocenters. The van der Waals surface area contributed by atoms with Gasteiger partial charge in [-0.25, -0.2) is 0 Å². The molecule has 1 aliphatic rings. The molecule has 0 saturated carbocycles. The second-order valence-electron chi connectivity index (χ2n) is 6.21. The first-order valence-corrected chi connectivity index (χ1v) is 9.54. The molecule has 22 heavy (non-hydrogen) atoms. The summed E-state index contributed by atoms with van der Waals surface area (Å²) in [6.07, 6.45) is 11.0.